The smallest absolute Gasteiger partial charge is 0.170 e. The van der Waals surface area contributed by atoms with Crippen LogP contribution in [0.3, 0.4) is 0 Å². The van der Waals surface area contributed by atoms with Gasteiger partial charge >= 0.3 is 0 Å². The number of aromatic hydroxyl groups is 1. The molecule has 4 heteroatoms. The lowest BCUT2D eigenvalue weighted by atomic mass is 10.1. The highest BCUT2D eigenvalue weighted by Gasteiger charge is 2.07. The third-order valence-electron chi connectivity index (χ3n) is 2.38. The zero-order valence-electron chi connectivity index (χ0n) is 8.92. The number of aromatic nitrogens is 2. The number of aryl methyl sites for hydroxylation is 1. The molecule has 0 aliphatic rings. The molecular weight excluding hydrogens is 204 g/mol. The molecule has 0 radical (unpaired) electrons. The quantitative estimate of drug-likeness (QED) is 0.799. The highest BCUT2D eigenvalue weighted by atomic mass is 16.3. The average Bonchev–Trinajstić information content (AvgIpc) is 2.73. The van der Waals surface area contributed by atoms with Crippen molar-refractivity contribution in [2.75, 3.05) is 0 Å². The Hall–Kier alpha value is -2.10. The molecule has 1 aromatic heterocycles. The molecule has 16 heavy (non-hydrogen) atoms. The molecule has 2 aromatic rings. The lowest BCUT2D eigenvalue weighted by Gasteiger charge is -2.04. The van der Waals surface area contributed by atoms with Crippen LogP contribution in [0, 0.1) is 0 Å². The van der Waals surface area contributed by atoms with E-state index < -0.39 is 0 Å². The van der Waals surface area contributed by atoms with Crippen LogP contribution in [0.5, 0.6) is 5.75 Å². The SMILES string of the molecule is CCn1nc(C=O)cc1-c1ccc(O)cc1. The van der Waals surface area contributed by atoms with Crippen LogP contribution < -0.4 is 0 Å². The van der Waals surface area contributed by atoms with E-state index in [0.29, 0.717) is 12.2 Å². The normalized spacial score (nSPS) is 10.3. The monoisotopic (exact) mass is 216 g/mol. The molecule has 2 rings (SSSR count). The van der Waals surface area contributed by atoms with E-state index in [-0.39, 0.29) is 5.75 Å². The first kappa shape index (κ1) is 10.4. The van der Waals surface area contributed by atoms with Crippen molar-refractivity contribution >= 4 is 6.29 Å². The molecule has 0 aliphatic heterocycles. The molecule has 0 unspecified atom stereocenters. The molecule has 0 saturated carbocycles. The standard InChI is InChI=1S/C12H12N2O2/c1-2-14-12(7-10(8-15)13-14)9-3-5-11(16)6-4-9/h3-8,16H,2H2,1H3. The van der Waals surface area contributed by atoms with Gasteiger partial charge in [-0.15, -0.1) is 0 Å². The zero-order valence-corrected chi connectivity index (χ0v) is 8.92. The summed E-state index contributed by atoms with van der Waals surface area (Å²) >= 11 is 0. The number of rotatable bonds is 3. The maximum Gasteiger partial charge on any atom is 0.170 e. The summed E-state index contributed by atoms with van der Waals surface area (Å²) in [6, 6.07) is 8.56. The predicted molar refractivity (Wildman–Crippen MR) is 60.4 cm³/mol. The minimum atomic E-state index is 0.224. The highest BCUT2D eigenvalue weighted by Crippen LogP contribution is 2.22. The van der Waals surface area contributed by atoms with Crippen molar-refractivity contribution in [3.8, 4) is 17.0 Å². The molecule has 0 bridgehead atoms. The molecule has 0 aliphatic carbocycles. The molecule has 82 valence electrons. The van der Waals surface area contributed by atoms with E-state index in [4.69, 9.17) is 0 Å². The van der Waals surface area contributed by atoms with Gasteiger partial charge in [-0.25, -0.2) is 0 Å². The summed E-state index contributed by atoms with van der Waals surface area (Å²) in [4.78, 5) is 10.7. The summed E-state index contributed by atoms with van der Waals surface area (Å²) in [7, 11) is 0. The van der Waals surface area contributed by atoms with Crippen molar-refractivity contribution in [2.45, 2.75) is 13.5 Å². The number of aldehydes is 1. The number of carbonyl (C=O) groups is 1. The Labute approximate surface area is 93.1 Å². The third kappa shape index (κ3) is 1.82. The van der Waals surface area contributed by atoms with E-state index in [0.717, 1.165) is 17.5 Å². The number of nitrogens with zero attached hydrogens (tertiary/aromatic N) is 2. The van der Waals surface area contributed by atoms with Crippen LogP contribution in [0.15, 0.2) is 30.3 Å². The minimum Gasteiger partial charge on any atom is -0.508 e. The topological polar surface area (TPSA) is 55.1 Å². The fourth-order valence-electron chi connectivity index (χ4n) is 1.60. The number of hydrogen-bond donors (Lipinski definition) is 1. The summed E-state index contributed by atoms with van der Waals surface area (Å²) in [6.45, 7) is 2.66. The lowest BCUT2D eigenvalue weighted by Crippen LogP contribution is -1.99. The van der Waals surface area contributed by atoms with Gasteiger partial charge in [0.15, 0.2) is 6.29 Å². The van der Waals surface area contributed by atoms with Gasteiger partial charge in [0.25, 0.3) is 0 Å². The van der Waals surface area contributed by atoms with Crippen LogP contribution in [0.4, 0.5) is 0 Å². The van der Waals surface area contributed by atoms with Crippen molar-refractivity contribution in [3.63, 3.8) is 0 Å². The van der Waals surface area contributed by atoms with E-state index in [9.17, 15) is 9.90 Å². The Morgan fingerprint density at radius 2 is 2.06 bits per heavy atom. The zero-order chi connectivity index (χ0) is 11.5. The van der Waals surface area contributed by atoms with Gasteiger partial charge in [0.05, 0.1) is 5.69 Å². The second-order valence-electron chi connectivity index (χ2n) is 3.43. The van der Waals surface area contributed by atoms with Crippen LogP contribution in [0.25, 0.3) is 11.3 Å². The maximum absolute atomic E-state index is 10.7. The number of hydrogen-bond acceptors (Lipinski definition) is 3. The Morgan fingerprint density at radius 1 is 1.38 bits per heavy atom. The summed E-state index contributed by atoms with van der Waals surface area (Å²) in [6.07, 6.45) is 0.732. The third-order valence-corrected chi connectivity index (χ3v) is 2.38. The van der Waals surface area contributed by atoms with E-state index in [1.165, 1.54) is 0 Å². The molecule has 0 fully saturated rings. The largest absolute Gasteiger partial charge is 0.508 e. The fourth-order valence-corrected chi connectivity index (χ4v) is 1.60. The summed E-state index contributed by atoms with van der Waals surface area (Å²) in [5.74, 6) is 0.224. The second kappa shape index (κ2) is 4.18. The van der Waals surface area contributed by atoms with Gasteiger partial charge in [-0.2, -0.15) is 5.10 Å². The number of benzene rings is 1. The van der Waals surface area contributed by atoms with Crippen molar-refractivity contribution < 1.29 is 9.90 Å². The van der Waals surface area contributed by atoms with Gasteiger partial charge in [-0.3, -0.25) is 9.48 Å². The van der Waals surface area contributed by atoms with Crippen LogP contribution in [-0.2, 0) is 6.54 Å². The van der Waals surface area contributed by atoms with E-state index in [1.54, 1.807) is 35.0 Å². The van der Waals surface area contributed by atoms with Gasteiger partial charge in [0.1, 0.15) is 11.4 Å². The molecule has 4 nitrogen and oxygen atoms in total. The van der Waals surface area contributed by atoms with E-state index in [1.807, 2.05) is 6.92 Å². The summed E-state index contributed by atoms with van der Waals surface area (Å²) in [5, 5.41) is 13.3. The van der Waals surface area contributed by atoms with Crippen molar-refractivity contribution in [1.29, 1.82) is 0 Å². The molecular formula is C12H12N2O2. The van der Waals surface area contributed by atoms with Gasteiger partial charge in [-0.1, -0.05) is 0 Å². The molecule has 0 amide bonds. The van der Waals surface area contributed by atoms with Crippen molar-refractivity contribution in [3.05, 3.63) is 36.0 Å². The predicted octanol–water partition coefficient (Wildman–Crippen LogP) is 2.09. The summed E-state index contributed by atoms with van der Waals surface area (Å²) < 4.78 is 1.76. The fraction of sp³-hybridized carbons (Fsp3) is 0.167. The van der Waals surface area contributed by atoms with Gasteiger partial charge in [-0.05, 0) is 37.3 Å². The second-order valence-corrected chi connectivity index (χ2v) is 3.43. The average molecular weight is 216 g/mol. The first-order valence-electron chi connectivity index (χ1n) is 5.07. The maximum atomic E-state index is 10.7. The first-order chi connectivity index (χ1) is 7.74. The molecule has 1 N–H and O–H groups in total. The molecule has 0 spiro atoms. The molecule has 1 heterocycles. The highest BCUT2D eigenvalue weighted by molar-refractivity contribution is 5.75. The Kier molecular flexibility index (Phi) is 2.72. The molecule has 0 saturated heterocycles. The van der Waals surface area contributed by atoms with Gasteiger partial charge < -0.3 is 5.11 Å². The van der Waals surface area contributed by atoms with Crippen molar-refractivity contribution in [1.82, 2.24) is 9.78 Å². The Morgan fingerprint density at radius 3 is 2.62 bits per heavy atom. The number of carbonyl (C=O) groups excluding carboxylic acids is 1. The molecule has 1 aromatic carbocycles. The van der Waals surface area contributed by atoms with Gasteiger partial charge in [0, 0.05) is 12.1 Å². The van der Waals surface area contributed by atoms with Gasteiger partial charge in [0.2, 0.25) is 0 Å². The van der Waals surface area contributed by atoms with Crippen LogP contribution in [0.2, 0.25) is 0 Å². The number of phenols is 1. The summed E-state index contributed by atoms with van der Waals surface area (Å²) in [5.41, 5.74) is 2.23. The van der Waals surface area contributed by atoms with Crippen LogP contribution >= 0.6 is 0 Å². The van der Waals surface area contributed by atoms with Crippen LogP contribution in [-0.4, -0.2) is 21.2 Å². The Bertz CT molecular complexity index is 500. The number of phenolic OH excluding ortho intramolecular Hbond substituents is 1. The van der Waals surface area contributed by atoms with Crippen molar-refractivity contribution in [2.24, 2.45) is 0 Å². The van der Waals surface area contributed by atoms with Crippen LogP contribution in [0.1, 0.15) is 17.4 Å². The van der Waals surface area contributed by atoms with E-state index in [2.05, 4.69) is 5.10 Å². The lowest BCUT2D eigenvalue weighted by molar-refractivity contribution is 0.111. The minimum absolute atomic E-state index is 0.224. The first-order valence-corrected chi connectivity index (χ1v) is 5.07. The molecule has 0 atom stereocenters. The van der Waals surface area contributed by atoms with E-state index >= 15 is 0 Å². The Balaban J connectivity index is 2.49.